The summed E-state index contributed by atoms with van der Waals surface area (Å²) in [6, 6.07) is 15.0. The van der Waals surface area contributed by atoms with E-state index in [1.165, 1.54) is 10.5 Å². The standard InChI is InChI=1S/C30H28F4N2O4/c31-24-3-1-2-23(30(32,33)34)28(24)35-29(39)36-14-15-40-26-17-22(12-13-25(26)36)21-10-8-20(9-11-21)19-6-4-18(5-7-19)16-27(37)38/h1-3,8-13,17-19H,4-7,14-16H2,(H,35,39)(H,37,38). The van der Waals surface area contributed by atoms with Gasteiger partial charge in [-0.25, -0.2) is 9.18 Å². The third kappa shape index (κ3) is 5.90. The number of carboxylic acids is 1. The summed E-state index contributed by atoms with van der Waals surface area (Å²) in [6.45, 7) is 0.203. The van der Waals surface area contributed by atoms with Gasteiger partial charge in [0.1, 0.15) is 18.2 Å². The van der Waals surface area contributed by atoms with Crippen LogP contribution in [0, 0.1) is 11.7 Å². The molecule has 1 saturated carbocycles. The summed E-state index contributed by atoms with van der Waals surface area (Å²) in [5, 5.41) is 11.1. The number of carbonyl (C=O) groups is 2. The maximum Gasteiger partial charge on any atom is 0.418 e. The van der Waals surface area contributed by atoms with Gasteiger partial charge in [0.05, 0.1) is 23.5 Å². The number of ether oxygens (including phenoxy) is 1. The minimum Gasteiger partial charge on any atom is -0.490 e. The van der Waals surface area contributed by atoms with Gasteiger partial charge in [-0.1, -0.05) is 36.4 Å². The second-order valence-corrected chi connectivity index (χ2v) is 10.2. The molecule has 0 saturated heterocycles. The third-order valence-corrected chi connectivity index (χ3v) is 7.64. The van der Waals surface area contributed by atoms with Crippen LogP contribution in [-0.2, 0) is 11.0 Å². The molecule has 10 heteroatoms. The van der Waals surface area contributed by atoms with Crippen molar-refractivity contribution in [2.45, 2.75) is 44.2 Å². The van der Waals surface area contributed by atoms with Gasteiger partial charge in [0.2, 0.25) is 0 Å². The van der Waals surface area contributed by atoms with E-state index in [0.717, 1.165) is 48.9 Å². The molecule has 0 bridgehead atoms. The first kappa shape index (κ1) is 27.5. The molecule has 3 aromatic carbocycles. The van der Waals surface area contributed by atoms with Gasteiger partial charge in [0.15, 0.2) is 0 Å². The van der Waals surface area contributed by atoms with Gasteiger partial charge < -0.3 is 15.2 Å². The minimum absolute atomic E-state index is 0.0807. The molecule has 2 N–H and O–H groups in total. The number of amides is 2. The van der Waals surface area contributed by atoms with Crippen molar-refractivity contribution in [2.24, 2.45) is 5.92 Å². The number of para-hydroxylation sites is 1. The van der Waals surface area contributed by atoms with Gasteiger partial charge in [-0.3, -0.25) is 9.69 Å². The number of carbonyl (C=O) groups excluding carboxylic acids is 1. The van der Waals surface area contributed by atoms with E-state index in [2.05, 4.69) is 17.4 Å². The molecule has 1 fully saturated rings. The summed E-state index contributed by atoms with van der Waals surface area (Å²) in [5.41, 5.74) is 1.17. The second kappa shape index (κ2) is 11.2. The number of aliphatic carboxylic acids is 1. The molecule has 2 amide bonds. The zero-order chi connectivity index (χ0) is 28.4. The number of alkyl halides is 3. The second-order valence-electron chi connectivity index (χ2n) is 10.2. The summed E-state index contributed by atoms with van der Waals surface area (Å²) in [5.74, 6) is -0.895. The van der Waals surface area contributed by atoms with Crippen molar-refractivity contribution in [1.82, 2.24) is 0 Å². The molecule has 0 aromatic heterocycles. The monoisotopic (exact) mass is 556 g/mol. The van der Waals surface area contributed by atoms with Gasteiger partial charge in [-0.15, -0.1) is 0 Å². The fraction of sp³-hybridized carbons (Fsp3) is 0.333. The molecule has 2 aliphatic rings. The Bertz CT molecular complexity index is 1400. The number of rotatable bonds is 5. The number of benzene rings is 3. The van der Waals surface area contributed by atoms with Gasteiger partial charge in [-0.2, -0.15) is 13.2 Å². The Morgan fingerprint density at radius 1 is 0.975 bits per heavy atom. The van der Waals surface area contributed by atoms with Crippen LogP contribution in [0.4, 0.5) is 33.7 Å². The molecular weight excluding hydrogens is 528 g/mol. The lowest BCUT2D eigenvalue weighted by atomic mass is 9.77. The lowest BCUT2D eigenvalue weighted by Crippen LogP contribution is -2.41. The molecule has 5 rings (SSSR count). The van der Waals surface area contributed by atoms with Crippen LogP contribution in [0.25, 0.3) is 11.1 Å². The number of halogens is 4. The fourth-order valence-corrected chi connectivity index (χ4v) is 5.57. The van der Waals surface area contributed by atoms with Crippen molar-refractivity contribution in [2.75, 3.05) is 23.4 Å². The first-order valence-electron chi connectivity index (χ1n) is 13.1. The summed E-state index contributed by atoms with van der Waals surface area (Å²) >= 11 is 0. The van der Waals surface area contributed by atoms with Crippen LogP contribution in [0.1, 0.15) is 49.1 Å². The first-order valence-corrected chi connectivity index (χ1v) is 13.1. The maximum atomic E-state index is 14.3. The molecule has 0 spiro atoms. The summed E-state index contributed by atoms with van der Waals surface area (Å²) in [4.78, 5) is 25.2. The maximum absolute atomic E-state index is 14.3. The smallest absolute Gasteiger partial charge is 0.418 e. The topological polar surface area (TPSA) is 78.9 Å². The van der Waals surface area contributed by atoms with E-state index in [9.17, 15) is 27.2 Å². The average molecular weight is 557 g/mol. The van der Waals surface area contributed by atoms with E-state index in [1.807, 2.05) is 12.1 Å². The Labute approximate surface area is 228 Å². The highest BCUT2D eigenvalue weighted by molar-refractivity contribution is 6.03. The highest BCUT2D eigenvalue weighted by atomic mass is 19.4. The Balaban J connectivity index is 1.30. The van der Waals surface area contributed by atoms with Crippen molar-refractivity contribution < 1.29 is 37.0 Å². The molecule has 210 valence electrons. The normalized spacial score (nSPS) is 18.9. The van der Waals surface area contributed by atoms with Crippen LogP contribution in [0.5, 0.6) is 5.75 Å². The van der Waals surface area contributed by atoms with Crippen molar-refractivity contribution in [1.29, 1.82) is 0 Å². The molecule has 40 heavy (non-hydrogen) atoms. The van der Waals surface area contributed by atoms with E-state index in [1.54, 1.807) is 18.2 Å². The van der Waals surface area contributed by atoms with Crippen molar-refractivity contribution in [3.8, 4) is 16.9 Å². The number of carboxylic acid groups (broad SMARTS) is 1. The van der Waals surface area contributed by atoms with Crippen LogP contribution in [0.15, 0.2) is 60.7 Å². The highest BCUT2D eigenvalue weighted by Gasteiger charge is 2.36. The highest BCUT2D eigenvalue weighted by Crippen LogP contribution is 2.40. The van der Waals surface area contributed by atoms with Crippen molar-refractivity contribution >= 4 is 23.4 Å². The fourth-order valence-electron chi connectivity index (χ4n) is 5.57. The van der Waals surface area contributed by atoms with E-state index < -0.39 is 35.2 Å². The van der Waals surface area contributed by atoms with Crippen LogP contribution in [0.3, 0.4) is 0 Å². The first-order chi connectivity index (χ1) is 19.1. The van der Waals surface area contributed by atoms with Gasteiger partial charge in [-0.05, 0) is 78.5 Å². The van der Waals surface area contributed by atoms with Crippen molar-refractivity contribution in [3.63, 3.8) is 0 Å². The SMILES string of the molecule is O=C(O)CC1CCC(c2ccc(-c3ccc4c(c3)OCCN4C(=O)Nc3c(F)cccc3C(F)(F)F)cc2)CC1. The quantitative estimate of drug-likeness (QED) is 0.316. The number of anilines is 2. The average Bonchev–Trinajstić information content (AvgIpc) is 2.93. The molecule has 1 aliphatic heterocycles. The van der Waals surface area contributed by atoms with Crippen LogP contribution in [0.2, 0.25) is 0 Å². The summed E-state index contributed by atoms with van der Waals surface area (Å²) < 4.78 is 60.2. The van der Waals surface area contributed by atoms with E-state index in [0.29, 0.717) is 23.4 Å². The van der Waals surface area contributed by atoms with E-state index in [4.69, 9.17) is 9.84 Å². The molecule has 6 nitrogen and oxygen atoms in total. The molecule has 0 atom stereocenters. The predicted octanol–water partition coefficient (Wildman–Crippen LogP) is 7.69. The van der Waals surface area contributed by atoms with Gasteiger partial charge in [0.25, 0.3) is 0 Å². The molecular formula is C30H28F4N2O4. The zero-order valence-corrected chi connectivity index (χ0v) is 21.5. The summed E-state index contributed by atoms with van der Waals surface area (Å²) in [7, 11) is 0. The lowest BCUT2D eigenvalue weighted by Gasteiger charge is -2.30. The number of urea groups is 1. The largest absolute Gasteiger partial charge is 0.490 e. The van der Waals surface area contributed by atoms with E-state index in [-0.39, 0.29) is 25.5 Å². The number of hydrogen-bond donors (Lipinski definition) is 2. The van der Waals surface area contributed by atoms with Crippen LogP contribution < -0.4 is 15.0 Å². The number of hydrogen-bond acceptors (Lipinski definition) is 3. The van der Waals surface area contributed by atoms with E-state index >= 15 is 0 Å². The predicted molar refractivity (Wildman–Crippen MR) is 142 cm³/mol. The Morgan fingerprint density at radius 3 is 2.35 bits per heavy atom. The molecule has 3 aromatic rings. The minimum atomic E-state index is -4.84. The van der Waals surface area contributed by atoms with Crippen LogP contribution in [-0.4, -0.2) is 30.3 Å². The molecule has 0 unspecified atom stereocenters. The Kier molecular flexibility index (Phi) is 7.69. The van der Waals surface area contributed by atoms with Gasteiger partial charge in [0, 0.05) is 6.42 Å². The van der Waals surface area contributed by atoms with Crippen LogP contribution >= 0.6 is 0 Å². The Morgan fingerprint density at radius 2 is 1.68 bits per heavy atom. The zero-order valence-electron chi connectivity index (χ0n) is 21.5. The molecule has 1 aliphatic carbocycles. The van der Waals surface area contributed by atoms with Gasteiger partial charge >= 0.3 is 18.2 Å². The molecule has 0 radical (unpaired) electrons. The molecule has 1 heterocycles. The summed E-state index contributed by atoms with van der Waals surface area (Å²) in [6.07, 6.45) is -0.891. The number of nitrogens with one attached hydrogen (secondary N) is 1. The third-order valence-electron chi connectivity index (χ3n) is 7.64. The van der Waals surface area contributed by atoms with Crippen molar-refractivity contribution in [3.05, 3.63) is 77.6 Å². The number of nitrogens with zero attached hydrogens (tertiary/aromatic N) is 1. The Hall–Kier alpha value is -4.08. The lowest BCUT2D eigenvalue weighted by molar-refractivity contribution is -0.138. The number of fused-ring (bicyclic) bond motifs is 1.